The van der Waals surface area contributed by atoms with E-state index in [0.29, 0.717) is 6.61 Å². The van der Waals surface area contributed by atoms with E-state index in [0.717, 1.165) is 31.4 Å². The predicted molar refractivity (Wildman–Crippen MR) is 57.3 cm³/mol. The molecule has 0 heterocycles. The van der Waals surface area contributed by atoms with Crippen molar-refractivity contribution >= 4 is 0 Å². The molecule has 2 rings (SSSR count). The van der Waals surface area contributed by atoms with Crippen molar-refractivity contribution < 1.29 is 9.13 Å². The van der Waals surface area contributed by atoms with Crippen molar-refractivity contribution in [2.45, 2.75) is 31.2 Å². The molecule has 0 unspecified atom stereocenters. The zero-order valence-corrected chi connectivity index (χ0v) is 8.71. The standard InChI is InChI=1S/C12H16FNO/c13-10-2-4-11(5-3-10)15-9-1-6-12(14)7-8-12/h2-5H,1,6-9,14H2. The highest BCUT2D eigenvalue weighted by Gasteiger charge is 2.37. The lowest BCUT2D eigenvalue weighted by Gasteiger charge is -2.09. The quantitative estimate of drug-likeness (QED) is 0.756. The van der Waals surface area contributed by atoms with Gasteiger partial charge in [0, 0.05) is 5.54 Å². The predicted octanol–water partition coefficient (Wildman–Crippen LogP) is 2.48. The lowest BCUT2D eigenvalue weighted by molar-refractivity contribution is 0.299. The summed E-state index contributed by atoms with van der Waals surface area (Å²) in [7, 11) is 0. The molecule has 0 bridgehead atoms. The van der Waals surface area contributed by atoms with E-state index in [4.69, 9.17) is 10.5 Å². The highest BCUT2D eigenvalue weighted by molar-refractivity contribution is 5.21. The number of ether oxygens (including phenoxy) is 1. The Morgan fingerprint density at radius 2 is 1.93 bits per heavy atom. The molecule has 1 aliphatic rings. The first-order chi connectivity index (χ1) is 7.18. The normalized spacial score (nSPS) is 17.5. The van der Waals surface area contributed by atoms with Crippen molar-refractivity contribution in [1.82, 2.24) is 0 Å². The zero-order valence-electron chi connectivity index (χ0n) is 8.71. The second kappa shape index (κ2) is 4.19. The summed E-state index contributed by atoms with van der Waals surface area (Å²) in [6, 6.07) is 6.09. The van der Waals surface area contributed by atoms with Crippen LogP contribution in [0.1, 0.15) is 25.7 Å². The van der Waals surface area contributed by atoms with Crippen LogP contribution in [0, 0.1) is 5.82 Å². The van der Waals surface area contributed by atoms with Crippen LogP contribution in [-0.4, -0.2) is 12.1 Å². The Labute approximate surface area is 89.2 Å². The maximum absolute atomic E-state index is 12.6. The van der Waals surface area contributed by atoms with Crippen LogP contribution in [0.3, 0.4) is 0 Å². The second-order valence-electron chi connectivity index (χ2n) is 4.27. The average Bonchev–Trinajstić information content (AvgIpc) is 2.95. The minimum absolute atomic E-state index is 0.103. The van der Waals surface area contributed by atoms with E-state index >= 15 is 0 Å². The van der Waals surface area contributed by atoms with Crippen LogP contribution >= 0.6 is 0 Å². The zero-order chi connectivity index (χ0) is 10.7. The Bertz CT molecular complexity index is 319. The summed E-state index contributed by atoms with van der Waals surface area (Å²) in [6.07, 6.45) is 4.27. The van der Waals surface area contributed by atoms with Gasteiger partial charge in [-0.15, -0.1) is 0 Å². The fraction of sp³-hybridized carbons (Fsp3) is 0.500. The Balaban J connectivity index is 1.67. The van der Waals surface area contributed by atoms with Crippen LogP contribution < -0.4 is 10.5 Å². The van der Waals surface area contributed by atoms with Gasteiger partial charge in [0.2, 0.25) is 0 Å². The summed E-state index contributed by atoms with van der Waals surface area (Å²) in [5, 5.41) is 0. The molecule has 0 aliphatic heterocycles. The highest BCUT2D eigenvalue weighted by atomic mass is 19.1. The third kappa shape index (κ3) is 3.20. The van der Waals surface area contributed by atoms with Crippen molar-refractivity contribution in [2.75, 3.05) is 6.61 Å². The molecule has 1 aliphatic carbocycles. The van der Waals surface area contributed by atoms with Gasteiger partial charge < -0.3 is 10.5 Å². The fourth-order valence-electron chi connectivity index (χ4n) is 1.56. The van der Waals surface area contributed by atoms with Crippen molar-refractivity contribution in [3.63, 3.8) is 0 Å². The molecule has 1 fully saturated rings. The number of rotatable bonds is 5. The minimum Gasteiger partial charge on any atom is -0.494 e. The first kappa shape index (κ1) is 10.4. The molecule has 82 valence electrons. The van der Waals surface area contributed by atoms with Gasteiger partial charge in [0.1, 0.15) is 11.6 Å². The maximum Gasteiger partial charge on any atom is 0.123 e. The van der Waals surface area contributed by atoms with Crippen LogP contribution in [0.4, 0.5) is 4.39 Å². The number of benzene rings is 1. The third-order valence-electron chi connectivity index (χ3n) is 2.79. The van der Waals surface area contributed by atoms with Crippen molar-refractivity contribution in [2.24, 2.45) is 5.73 Å². The molecule has 3 heteroatoms. The summed E-state index contributed by atoms with van der Waals surface area (Å²) in [4.78, 5) is 0. The number of hydrogen-bond acceptors (Lipinski definition) is 2. The van der Waals surface area contributed by atoms with Crippen molar-refractivity contribution in [3.8, 4) is 5.75 Å². The van der Waals surface area contributed by atoms with Gasteiger partial charge in [0.15, 0.2) is 0 Å². The largest absolute Gasteiger partial charge is 0.494 e. The van der Waals surface area contributed by atoms with E-state index in [-0.39, 0.29) is 11.4 Å². The molecule has 0 saturated heterocycles. The first-order valence-corrected chi connectivity index (χ1v) is 5.35. The number of hydrogen-bond donors (Lipinski definition) is 1. The summed E-state index contributed by atoms with van der Waals surface area (Å²) < 4.78 is 18.0. The van der Waals surface area contributed by atoms with E-state index in [1.807, 2.05) is 0 Å². The molecule has 0 amide bonds. The molecule has 0 spiro atoms. The molecule has 2 nitrogen and oxygen atoms in total. The fourth-order valence-corrected chi connectivity index (χ4v) is 1.56. The van der Waals surface area contributed by atoms with Gasteiger partial charge in [-0.05, 0) is 49.9 Å². The molecule has 2 N–H and O–H groups in total. The number of nitrogens with two attached hydrogens (primary N) is 1. The highest BCUT2D eigenvalue weighted by Crippen LogP contribution is 2.36. The van der Waals surface area contributed by atoms with E-state index in [2.05, 4.69) is 0 Å². The van der Waals surface area contributed by atoms with E-state index in [9.17, 15) is 4.39 Å². The van der Waals surface area contributed by atoms with Gasteiger partial charge in [-0.2, -0.15) is 0 Å². The van der Waals surface area contributed by atoms with Crippen LogP contribution in [0.15, 0.2) is 24.3 Å². The van der Waals surface area contributed by atoms with Crippen LogP contribution in [0.25, 0.3) is 0 Å². The molecule has 0 radical (unpaired) electrons. The lowest BCUT2D eigenvalue weighted by atomic mass is 10.1. The number of halogens is 1. The Morgan fingerprint density at radius 1 is 1.27 bits per heavy atom. The van der Waals surface area contributed by atoms with Crippen LogP contribution in [0.5, 0.6) is 5.75 Å². The second-order valence-corrected chi connectivity index (χ2v) is 4.27. The summed E-state index contributed by atoms with van der Waals surface area (Å²) in [5.41, 5.74) is 6.04. The average molecular weight is 209 g/mol. The Hall–Kier alpha value is -1.09. The van der Waals surface area contributed by atoms with Gasteiger partial charge in [-0.1, -0.05) is 0 Å². The van der Waals surface area contributed by atoms with Gasteiger partial charge in [0.25, 0.3) is 0 Å². The Morgan fingerprint density at radius 3 is 2.53 bits per heavy atom. The van der Waals surface area contributed by atoms with E-state index < -0.39 is 0 Å². The van der Waals surface area contributed by atoms with E-state index in [1.54, 1.807) is 12.1 Å². The summed E-state index contributed by atoms with van der Waals surface area (Å²) in [5.74, 6) is 0.486. The lowest BCUT2D eigenvalue weighted by Crippen LogP contribution is -2.22. The smallest absolute Gasteiger partial charge is 0.123 e. The Kier molecular flexibility index (Phi) is 2.91. The molecule has 0 aromatic heterocycles. The molecular weight excluding hydrogens is 193 g/mol. The summed E-state index contributed by atoms with van der Waals surface area (Å²) >= 11 is 0. The van der Waals surface area contributed by atoms with Crippen molar-refractivity contribution in [3.05, 3.63) is 30.1 Å². The maximum atomic E-state index is 12.6. The molecule has 1 aromatic rings. The van der Waals surface area contributed by atoms with Crippen LogP contribution in [0.2, 0.25) is 0 Å². The SMILES string of the molecule is NC1(CCCOc2ccc(F)cc2)CC1. The monoisotopic (exact) mass is 209 g/mol. The minimum atomic E-state index is -0.235. The third-order valence-corrected chi connectivity index (χ3v) is 2.79. The van der Waals surface area contributed by atoms with E-state index in [1.165, 1.54) is 12.1 Å². The molecular formula is C12H16FNO. The molecule has 0 atom stereocenters. The molecule has 1 saturated carbocycles. The molecule has 15 heavy (non-hydrogen) atoms. The summed E-state index contributed by atoms with van der Waals surface area (Å²) in [6.45, 7) is 0.657. The molecule has 1 aromatic carbocycles. The first-order valence-electron chi connectivity index (χ1n) is 5.35. The van der Waals surface area contributed by atoms with Gasteiger partial charge in [-0.3, -0.25) is 0 Å². The van der Waals surface area contributed by atoms with Gasteiger partial charge >= 0.3 is 0 Å². The van der Waals surface area contributed by atoms with Crippen molar-refractivity contribution in [1.29, 1.82) is 0 Å². The van der Waals surface area contributed by atoms with Crippen LogP contribution in [-0.2, 0) is 0 Å². The topological polar surface area (TPSA) is 35.2 Å². The van der Waals surface area contributed by atoms with Gasteiger partial charge in [0.05, 0.1) is 6.61 Å². The van der Waals surface area contributed by atoms with Gasteiger partial charge in [-0.25, -0.2) is 4.39 Å².